The van der Waals surface area contributed by atoms with E-state index in [0.29, 0.717) is 27.5 Å². The normalized spacial score (nSPS) is 12.1. The number of hydrogen-bond donors (Lipinski definition) is 1. The minimum atomic E-state index is -3.92. The van der Waals surface area contributed by atoms with Crippen LogP contribution in [0.4, 0.5) is 5.69 Å². The topological polar surface area (TPSA) is 90.2 Å². The number of rotatable bonds is 3. The van der Waals surface area contributed by atoms with Crippen molar-refractivity contribution < 1.29 is 8.42 Å². The number of aryl methyl sites for hydroxylation is 2. The first-order valence-electron chi connectivity index (χ1n) is 9.40. The molecule has 5 rings (SSSR count). The molecule has 9 heteroatoms. The van der Waals surface area contributed by atoms with E-state index in [0.717, 1.165) is 9.40 Å². The Bertz CT molecular complexity index is 1740. The summed E-state index contributed by atoms with van der Waals surface area (Å²) < 4.78 is 33.1. The molecule has 0 atom stereocenters. The fourth-order valence-corrected chi connectivity index (χ4v) is 5.86. The molecule has 1 N–H and O–H groups in total. The SMILES string of the molecule is Cn1c(=O)n(C)c2cc(S(=O)(=O)Nc3ccc4sc5ccccc5c(=O)c4c3)ccc21. The molecule has 156 valence electrons. The Kier molecular flexibility index (Phi) is 4.28. The van der Waals surface area contributed by atoms with Crippen molar-refractivity contribution in [1.29, 1.82) is 0 Å². The van der Waals surface area contributed by atoms with Gasteiger partial charge in [-0.2, -0.15) is 0 Å². The number of nitrogens with one attached hydrogen (secondary N) is 1. The van der Waals surface area contributed by atoms with Crippen molar-refractivity contribution in [2.75, 3.05) is 4.72 Å². The number of nitrogens with zero attached hydrogens (tertiary/aromatic N) is 2. The highest BCUT2D eigenvalue weighted by atomic mass is 32.2. The molecular weight excluding hydrogens is 434 g/mol. The zero-order valence-electron chi connectivity index (χ0n) is 16.6. The third-order valence-electron chi connectivity index (χ3n) is 5.38. The van der Waals surface area contributed by atoms with Crippen LogP contribution in [-0.4, -0.2) is 17.6 Å². The molecule has 0 fully saturated rings. The van der Waals surface area contributed by atoms with Crippen LogP contribution >= 0.6 is 11.3 Å². The van der Waals surface area contributed by atoms with Gasteiger partial charge < -0.3 is 0 Å². The number of aromatic nitrogens is 2. The maximum Gasteiger partial charge on any atom is 0.328 e. The summed E-state index contributed by atoms with van der Waals surface area (Å²) in [5.74, 6) is 0. The number of sulfonamides is 1. The summed E-state index contributed by atoms with van der Waals surface area (Å²) in [5, 5.41) is 1.07. The van der Waals surface area contributed by atoms with Crippen molar-refractivity contribution in [3.8, 4) is 0 Å². The summed E-state index contributed by atoms with van der Waals surface area (Å²) in [7, 11) is -0.690. The van der Waals surface area contributed by atoms with Crippen LogP contribution in [0, 0.1) is 0 Å². The van der Waals surface area contributed by atoms with Crippen LogP contribution in [0.25, 0.3) is 31.2 Å². The quantitative estimate of drug-likeness (QED) is 0.426. The van der Waals surface area contributed by atoms with Gasteiger partial charge in [0.05, 0.1) is 15.9 Å². The second-order valence-electron chi connectivity index (χ2n) is 7.29. The second kappa shape index (κ2) is 6.79. The van der Waals surface area contributed by atoms with Crippen LogP contribution < -0.4 is 15.8 Å². The van der Waals surface area contributed by atoms with Crippen LogP contribution in [0.1, 0.15) is 0 Å². The van der Waals surface area contributed by atoms with Crippen molar-refractivity contribution >= 4 is 58.3 Å². The highest BCUT2D eigenvalue weighted by Gasteiger charge is 2.18. The summed E-state index contributed by atoms with van der Waals surface area (Å²) in [4.78, 5) is 25.0. The maximum absolute atomic E-state index is 13.0. The highest BCUT2D eigenvalue weighted by molar-refractivity contribution is 7.92. The minimum absolute atomic E-state index is 0.0324. The molecule has 0 aliphatic heterocycles. The number of imidazole rings is 1. The molecule has 0 aliphatic carbocycles. The van der Waals surface area contributed by atoms with Gasteiger partial charge in [-0.1, -0.05) is 12.1 Å². The fourth-order valence-electron chi connectivity index (χ4n) is 3.73. The molecule has 3 aromatic carbocycles. The van der Waals surface area contributed by atoms with E-state index in [1.807, 2.05) is 18.2 Å². The molecule has 7 nitrogen and oxygen atoms in total. The van der Waals surface area contributed by atoms with E-state index in [9.17, 15) is 18.0 Å². The number of benzene rings is 3. The summed E-state index contributed by atoms with van der Waals surface area (Å²) in [6.45, 7) is 0. The van der Waals surface area contributed by atoms with Crippen molar-refractivity contribution in [3.05, 3.63) is 81.4 Å². The first-order chi connectivity index (χ1) is 14.8. The van der Waals surface area contributed by atoms with Gasteiger partial charge in [-0.15, -0.1) is 11.3 Å². The largest absolute Gasteiger partial charge is 0.328 e. The van der Waals surface area contributed by atoms with Gasteiger partial charge in [0, 0.05) is 40.0 Å². The Morgan fingerprint density at radius 3 is 2.32 bits per heavy atom. The van der Waals surface area contributed by atoms with Gasteiger partial charge in [0.15, 0.2) is 5.43 Å². The van der Waals surface area contributed by atoms with Crippen LogP contribution in [0.2, 0.25) is 0 Å². The van der Waals surface area contributed by atoms with E-state index in [-0.39, 0.29) is 16.0 Å². The molecule has 2 heterocycles. The maximum atomic E-state index is 13.0. The summed E-state index contributed by atoms with van der Waals surface area (Å²) in [6.07, 6.45) is 0. The number of anilines is 1. The zero-order chi connectivity index (χ0) is 21.9. The highest BCUT2D eigenvalue weighted by Crippen LogP contribution is 2.28. The molecule has 0 spiro atoms. The molecule has 0 radical (unpaired) electrons. The van der Waals surface area contributed by atoms with Crippen molar-refractivity contribution in [1.82, 2.24) is 9.13 Å². The molecule has 0 bridgehead atoms. The van der Waals surface area contributed by atoms with Gasteiger partial charge >= 0.3 is 5.69 Å². The minimum Gasteiger partial charge on any atom is -0.295 e. The van der Waals surface area contributed by atoms with E-state index < -0.39 is 10.0 Å². The Balaban J connectivity index is 1.60. The van der Waals surface area contributed by atoms with Gasteiger partial charge in [0.1, 0.15) is 0 Å². The standard InChI is InChI=1S/C22H17N3O4S2/c1-24-17-9-8-14(12-18(17)25(2)22(24)27)31(28,29)23-13-7-10-20-16(11-13)21(26)15-5-3-4-6-19(15)30-20/h3-12,23H,1-2H3. The average Bonchev–Trinajstić information content (AvgIpc) is 2.98. The zero-order valence-corrected chi connectivity index (χ0v) is 18.3. The molecular formula is C22H17N3O4S2. The molecule has 0 saturated carbocycles. The lowest BCUT2D eigenvalue weighted by atomic mass is 10.2. The smallest absolute Gasteiger partial charge is 0.295 e. The Morgan fingerprint density at radius 1 is 0.806 bits per heavy atom. The van der Waals surface area contributed by atoms with E-state index in [4.69, 9.17) is 0 Å². The first-order valence-corrected chi connectivity index (χ1v) is 11.7. The molecule has 0 unspecified atom stereocenters. The van der Waals surface area contributed by atoms with E-state index in [1.54, 1.807) is 44.4 Å². The molecule has 0 aliphatic rings. The van der Waals surface area contributed by atoms with Gasteiger partial charge in [-0.05, 0) is 48.5 Å². The number of hydrogen-bond acceptors (Lipinski definition) is 5. The van der Waals surface area contributed by atoms with Gasteiger partial charge in [0.25, 0.3) is 10.0 Å². The van der Waals surface area contributed by atoms with E-state index in [2.05, 4.69) is 4.72 Å². The van der Waals surface area contributed by atoms with E-state index >= 15 is 0 Å². The monoisotopic (exact) mass is 451 g/mol. The van der Waals surface area contributed by atoms with Gasteiger partial charge in [-0.25, -0.2) is 13.2 Å². The molecule has 5 aromatic rings. The molecule has 31 heavy (non-hydrogen) atoms. The Hall–Kier alpha value is -3.43. The third kappa shape index (κ3) is 3.05. The van der Waals surface area contributed by atoms with Gasteiger partial charge in [-0.3, -0.25) is 18.7 Å². The van der Waals surface area contributed by atoms with Crippen LogP contribution in [0.3, 0.4) is 0 Å². The lowest BCUT2D eigenvalue weighted by Crippen LogP contribution is -2.19. The predicted molar refractivity (Wildman–Crippen MR) is 125 cm³/mol. The van der Waals surface area contributed by atoms with Crippen LogP contribution in [0.15, 0.2) is 75.1 Å². The lowest BCUT2D eigenvalue weighted by molar-refractivity contribution is 0.601. The molecule has 0 amide bonds. The molecule has 0 saturated heterocycles. The lowest BCUT2D eigenvalue weighted by Gasteiger charge is -2.10. The van der Waals surface area contributed by atoms with Gasteiger partial charge in [0.2, 0.25) is 0 Å². The first kappa shape index (κ1) is 19.5. The Labute approximate surface area is 180 Å². The van der Waals surface area contributed by atoms with Crippen molar-refractivity contribution in [2.45, 2.75) is 4.90 Å². The van der Waals surface area contributed by atoms with Crippen molar-refractivity contribution in [2.24, 2.45) is 14.1 Å². The Morgan fingerprint density at radius 2 is 1.52 bits per heavy atom. The second-order valence-corrected chi connectivity index (χ2v) is 10.1. The van der Waals surface area contributed by atoms with E-state index in [1.165, 1.54) is 32.6 Å². The fraction of sp³-hybridized carbons (Fsp3) is 0.0909. The summed E-state index contributed by atoms with van der Waals surface area (Å²) in [5.41, 5.74) is 1.09. The predicted octanol–water partition coefficient (Wildman–Crippen LogP) is 3.41. The average molecular weight is 452 g/mol. The number of fused-ring (bicyclic) bond motifs is 3. The third-order valence-corrected chi connectivity index (χ3v) is 7.91. The van der Waals surface area contributed by atoms with Crippen molar-refractivity contribution in [3.63, 3.8) is 0 Å². The van der Waals surface area contributed by atoms with Crippen LogP contribution in [0.5, 0.6) is 0 Å². The van der Waals surface area contributed by atoms with Crippen LogP contribution in [-0.2, 0) is 24.1 Å². The summed E-state index contributed by atoms with van der Waals surface area (Å²) in [6, 6.07) is 16.8. The summed E-state index contributed by atoms with van der Waals surface area (Å²) >= 11 is 1.48. The molecule has 2 aromatic heterocycles.